The average molecular weight is 340 g/mol. The van der Waals surface area contributed by atoms with Crippen LogP contribution in [0.3, 0.4) is 0 Å². The molecule has 0 unspecified atom stereocenters. The highest BCUT2D eigenvalue weighted by Crippen LogP contribution is 2.27. The zero-order valence-electron chi connectivity index (χ0n) is 11.7. The molecular formula is C15H15Cl2N3O2. The molecule has 0 aliphatic carbocycles. The van der Waals surface area contributed by atoms with E-state index in [9.17, 15) is 4.79 Å². The summed E-state index contributed by atoms with van der Waals surface area (Å²) >= 11 is 11.8. The predicted octanol–water partition coefficient (Wildman–Crippen LogP) is 3.37. The second kappa shape index (κ2) is 7.87. The number of carbonyl (C=O) groups is 1. The number of hydrogen-bond acceptors (Lipinski definition) is 4. The summed E-state index contributed by atoms with van der Waals surface area (Å²) in [6.07, 6.45) is 2.29. The largest absolute Gasteiger partial charge is 0.492 e. The SMILES string of the molecule is NC(=O)c1cc(NCCCOc2ccc(Cl)cc2Cl)ccn1. The van der Waals surface area contributed by atoms with Crippen LogP contribution in [0.5, 0.6) is 5.75 Å². The van der Waals surface area contributed by atoms with E-state index >= 15 is 0 Å². The minimum absolute atomic E-state index is 0.231. The van der Waals surface area contributed by atoms with Crippen LogP contribution in [-0.4, -0.2) is 24.0 Å². The van der Waals surface area contributed by atoms with Crippen molar-refractivity contribution in [3.05, 3.63) is 52.3 Å². The third kappa shape index (κ3) is 4.79. The van der Waals surface area contributed by atoms with E-state index in [1.807, 2.05) is 0 Å². The first-order valence-electron chi connectivity index (χ1n) is 6.64. The van der Waals surface area contributed by atoms with Gasteiger partial charge in [0.15, 0.2) is 0 Å². The van der Waals surface area contributed by atoms with Gasteiger partial charge < -0.3 is 15.8 Å². The molecule has 0 aliphatic heterocycles. The van der Waals surface area contributed by atoms with Crippen LogP contribution in [-0.2, 0) is 0 Å². The fourth-order valence-electron chi connectivity index (χ4n) is 1.75. The lowest BCUT2D eigenvalue weighted by molar-refractivity contribution is 0.0995. The molecule has 0 spiro atoms. The van der Waals surface area contributed by atoms with Gasteiger partial charge in [-0.2, -0.15) is 0 Å². The van der Waals surface area contributed by atoms with Gasteiger partial charge in [0.1, 0.15) is 11.4 Å². The molecule has 0 saturated heterocycles. The maximum absolute atomic E-state index is 11.0. The highest BCUT2D eigenvalue weighted by molar-refractivity contribution is 6.35. The molecule has 2 aromatic rings. The maximum atomic E-state index is 11.0. The quantitative estimate of drug-likeness (QED) is 0.758. The molecule has 0 aliphatic rings. The number of aromatic nitrogens is 1. The highest BCUT2D eigenvalue weighted by atomic mass is 35.5. The molecule has 0 fully saturated rings. The third-order valence-electron chi connectivity index (χ3n) is 2.81. The number of nitrogens with two attached hydrogens (primary N) is 1. The zero-order valence-corrected chi connectivity index (χ0v) is 13.2. The van der Waals surface area contributed by atoms with Crippen molar-refractivity contribution >= 4 is 34.8 Å². The summed E-state index contributed by atoms with van der Waals surface area (Å²) in [5.74, 6) is 0.0513. The lowest BCUT2D eigenvalue weighted by Gasteiger charge is -2.09. The summed E-state index contributed by atoms with van der Waals surface area (Å²) in [7, 11) is 0. The van der Waals surface area contributed by atoms with Crippen LogP contribution >= 0.6 is 23.2 Å². The molecule has 1 amide bonds. The summed E-state index contributed by atoms with van der Waals surface area (Å²) in [5.41, 5.74) is 6.19. The van der Waals surface area contributed by atoms with Crippen LogP contribution < -0.4 is 15.8 Å². The highest BCUT2D eigenvalue weighted by Gasteiger charge is 2.03. The minimum atomic E-state index is -0.552. The molecule has 0 saturated carbocycles. The second-order valence-corrected chi connectivity index (χ2v) is 5.34. The van der Waals surface area contributed by atoms with E-state index < -0.39 is 5.91 Å². The van der Waals surface area contributed by atoms with Crippen molar-refractivity contribution in [1.29, 1.82) is 0 Å². The first kappa shape index (κ1) is 16.4. The number of anilines is 1. The number of pyridine rings is 1. The van der Waals surface area contributed by atoms with Gasteiger partial charge in [-0.1, -0.05) is 23.2 Å². The van der Waals surface area contributed by atoms with Gasteiger partial charge in [-0.25, -0.2) is 0 Å². The summed E-state index contributed by atoms with van der Waals surface area (Å²) in [4.78, 5) is 14.9. The van der Waals surface area contributed by atoms with E-state index in [-0.39, 0.29) is 5.69 Å². The number of nitrogens with zero attached hydrogens (tertiary/aromatic N) is 1. The normalized spacial score (nSPS) is 10.3. The van der Waals surface area contributed by atoms with Crippen molar-refractivity contribution in [3.8, 4) is 5.75 Å². The molecule has 0 bridgehead atoms. The Balaban J connectivity index is 1.75. The van der Waals surface area contributed by atoms with Crippen molar-refractivity contribution < 1.29 is 9.53 Å². The Kier molecular flexibility index (Phi) is 5.86. The van der Waals surface area contributed by atoms with Crippen molar-refractivity contribution in [1.82, 2.24) is 4.98 Å². The van der Waals surface area contributed by atoms with Gasteiger partial charge in [-0.15, -0.1) is 0 Å². The van der Waals surface area contributed by atoms with E-state index in [0.29, 0.717) is 28.9 Å². The van der Waals surface area contributed by atoms with E-state index in [4.69, 9.17) is 33.7 Å². The summed E-state index contributed by atoms with van der Waals surface area (Å²) in [5, 5.41) is 4.23. The molecule has 1 aromatic heterocycles. The van der Waals surface area contributed by atoms with Crippen LogP contribution in [0.1, 0.15) is 16.9 Å². The van der Waals surface area contributed by atoms with Crippen LogP contribution in [0.25, 0.3) is 0 Å². The van der Waals surface area contributed by atoms with Crippen LogP contribution in [0.15, 0.2) is 36.5 Å². The molecule has 116 valence electrons. The number of ether oxygens (including phenoxy) is 1. The molecule has 3 N–H and O–H groups in total. The van der Waals surface area contributed by atoms with Gasteiger partial charge >= 0.3 is 0 Å². The predicted molar refractivity (Wildman–Crippen MR) is 87.8 cm³/mol. The molecular weight excluding hydrogens is 325 g/mol. The van der Waals surface area contributed by atoms with Gasteiger partial charge in [0.2, 0.25) is 0 Å². The minimum Gasteiger partial charge on any atom is -0.492 e. The monoisotopic (exact) mass is 339 g/mol. The maximum Gasteiger partial charge on any atom is 0.267 e. The Morgan fingerprint density at radius 2 is 2.09 bits per heavy atom. The lowest BCUT2D eigenvalue weighted by atomic mass is 10.3. The number of rotatable bonds is 7. The Hall–Kier alpha value is -1.98. The van der Waals surface area contributed by atoms with Crippen LogP contribution in [0, 0.1) is 0 Å². The van der Waals surface area contributed by atoms with E-state index in [2.05, 4.69) is 10.3 Å². The summed E-state index contributed by atoms with van der Waals surface area (Å²) in [6, 6.07) is 8.48. The molecule has 1 heterocycles. The lowest BCUT2D eigenvalue weighted by Crippen LogP contribution is -2.14. The number of nitrogens with one attached hydrogen (secondary N) is 1. The standard InChI is InChI=1S/C15H15Cl2N3O2/c16-10-2-3-14(12(17)8-10)22-7-1-5-19-11-4-6-20-13(9-11)15(18)21/h2-4,6,8-9H,1,5,7H2,(H2,18,21)(H,19,20). The van der Waals surface area contributed by atoms with Crippen LogP contribution in [0.2, 0.25) is 10.0 Å². The third-order valence-corrected chi connectivity index (χ3v) is 3.34. The number of carbonyl (C=O) groups excluding carboxylic acids is 1. The van der Waals surface area contributed by atoms with Gasteiger partial charge in [0.25, 0.3) is 5.91 Å². The Bertz CT molecular complexity index is 665. The number of primary amides is 1. The van der Waals surface area contributed by atoms with Crippen LogP contribution in [0.4, 0.5) is 5.69 Å². The fraction of sp³-hybridized carbons (Fsp3) is 0.200. The number of amides is 1. The number of hydrogen-bond donors (Lipinski definition) is 2. The van der Waals surface area contributed by atoms with Crippen molar-refractivity contribution in [2.45, 2.75) is 6.42 Å². The van der Waals surface area contributed by atoms with Crippen molar-refractivity contribution in [3.63, 3.8) is 0 Å². The molecule has 5 nitrogen and oxygen atoms in total. The van der Waals surface area contributed by atoms with Crippen molar-refractivity contribution in [2.75, 3.05) is 18.5 Å². The summed E-state index contributed by atoms with van der Waals surface area (Å²) in [6.45, 7) is 1.18. The average Bonchev–Trinajstić information content (AvgIpc) is 2.49. The molecule has 2 rings (SSSR count). The van der Waals surface area contributed by atoms with E-state index in [1.165, 1.54) is 6.20 Å². The number of benzene rings is 1. The molecule has 1 aromatic carbocycles. The smallest absolute Gasteiger partial charge is 0.267 e. The Labute approximate surface area is 138 Å². The second-order valence-electron chi connectivity index (χ2n) is 4.50. The molecule has 22 heavy (non-hydrogen) atoms. The first-order chi connectivity index (χ1) is 10.6. The van der Waals surface area contributed by atoms with Gasteiger partial charge in [0.05, 0.1) is 11.6 Å². The Morgan fingerprint density at radius 3 is 2.82 bits per heavy atom. The number of halogens is 2. The molecule has 0 atom stereocenters. The van der Waals surface area contributed by atoms with E-state index in [1.54, 1.807) is 30.3 Å². The van der Waals surface area contributed by atoms with Gasteiger partial charge in [-0.05, 0) is 36.8 Å². The fourth-order valence-corrected chi connectivity index (χ4v) is 2.22. The topological polar surface area (TPSA) is 77.2 Å². The zero-order chi connectivity index (χ0) is 15.9. The van der Waals surface area contributed by atoms with Gasteiger partial charge in [0, 0.05) is 23.5 Å². The van der Waals surface area contributed by atoms with E-state index in [0.717, 1.165) is 12.1 Å². The first-order valence-corrected chi connectivity index (χ1v) is 7.39. The summed E-state index contributed by atoms with van der Waals surface area (Å²) < 4.78 is 5.57. The molecule has 7 heteroatoms. The van der Waals surface area contributed by atoms with Gasteiger partial charge in [-0.3, -0.25) is 9.78 Å². The van der Waals surface area contributed by atoms with Crippen molar-refractivity contribution in [2.24, 2.45) is 5.73 Å². The molecule has 0 radical (unpaired) electrons. The Morgan fingerprint density at radius 1 is 1.27 bits per heavy atom.